The van der Waals surface area contributed by atoms with Crippen LogP contribution in [0.15, 0.2) is 52.1 Å². The van der Waals surface area contributed by atoms with Gasteiger partial charge in [0.2, 0.25) is 5.90 Å². The highest BCUT2D eigenvalue weighted by Gasteiger charge is 2.40. The molecule has 0 unspecified atom stereocenters. The number of hydrogen-bond donors (Lipinski definition) is 0. The maximum absolute atomic E-state index is 11.9. The molecule has 1 aliphatic heterocycles. The zero-order chi connectivity index (χ0) is 15.5. The molecular formula is C16H15NO5. The largest absolute Gasteiger partial charge is 0.497 e. The molecule has 1 aromatic carbocycles. The van der Waals surface area contributed by atoms with E-state index in [9.17, 15) is 4.79 Å². The lowest BCUT2D eigenvalue weighted by atomic mass is 10.1. The Labute approximate surface area is 127 Å². The van der Waals surface area contributed by atoms with Crippen LogP contribution in [0.3, 0.4) is 0 Å². The fourth-order valence-electron chi connectivity index (χ4n) is 2.25. The molecule has 0 bridgehead atoms. The molecule has 0 saturated carbocycles. The number of rotatable bonds is 4. The summed E-state index contributed by atoms with van der Waals surface area (Å²) in [5.41, 5.74) is 0.753. The minimum Gasteiger partial charge on any atom is -0.497 e. The van der Waals surface area contributed by atoms with Crippen LogP contribution in [0.2, 0.25) is 0 Å². The van der Waals surface area contributed by atoms with E-state index in [0.29, 0.717) is 11.7 Å². The molecule has 1 aromatic heterocycles. The molecule has 6 heteroatoms. The number of nitrogens with zero attached hydrogens (tertiary/aromatic N) is 1. The van der Waals surface area contributed by atoms with Crippen molar-refractivity contribution >= 4 is 11.9 Å². The summed E-state index contributed by atoms with van der Waals surface area (Å²) in [6, 6.07) is 9.93. The van der Waals surface area contributed by atoms with Crippen LogP contribution >= 0.6 is 0 Å². The first-order valence-corrected chi connectivity index (χ1v) is 6.73. The third kappa shape index (κ3) is 2.55. The van der Waals surface area contributed by atoms with Crippen LogP contribution in [0, 0.1) is 0 Å². The Hall–Kier alpha value is -2.76. The van der Waals surface area contributed by atoms with Crippen LogP contribution in [0.5, 0.6) is 5.75 Å². The predicted molar refractivity (Wildman–Crippen MR) is 77.9 cm³/mol. The molecule has 0 radical (unpaired) electrons. The maximum atomic E-state index is 11.9. The second-order valence-corrected chi connectivity index (χ2v) is 4.68. The number of furan rings is 1. The van der Waals surface area contributed by atoms with Crippen LogP contribution in [0.1, 0.15) is 17.4 Å². The van der Waals surface area contributed by atoms with E-state index in [2.05, 4.69) is 4.99 Å². The summed E-state index contributed by atoms with van der Waals surface area (Å²) in [5.74, 6) is 1.17. The van der Waals surface area contributed by atoms with Crippen LogP contribution in [-0.2, 0) is 14.3 Å². The highest BCUT2D eigenvalue weighted by Crippen LogP contribution is 2.32. The normalized spacial score (nSPS) is 20.2. The van der Waals surface area contributed by atoms with Crippen LogP contribution < -0.4 is 4.74 Å². The van der Waals surface area contributed by atoms with Gasteiger partial charge in [0.15, 0.2) is 12.1 Å². The van der Waals surface area contributed by atoms with Gasteiger partial charge in [-0.2, -0.15) is 0 Å². The van der Waals surface area contributed by atoms with Gasteiger partial charge in [0.1, 0.15) is 11.5 Å². The molecule has 0 spiro atoms. The van der Waals surface area contributed by atoms with Crippen molar-refractivity contribution in [2.75, 3.05) is 14.2 Å². The van der Waals surface area contributed by atoms with E-state index < -0.39 is 18.1 Å². The van der Waals surface area contributed by atoms with E-state index in [1.807, 2.05) is 12.1 Å². The number of aliphatic imine (C=N–C) groups is 1. The fourth-order valence-corrected chi connectivity index (χ4v) is 2.25. The number of carbonyl (C=O) groups is 1. The Morgan fingerprint density at radius 1 is 1.18 bits per heavy atom. The average Bonchev–Trinajstić information content (AvgIpc) is 3.23. The minimum atomic E-state index is -0.784. The summed E-state index contributed by atoms with van der Waals surface area (Å²) in [7, 11) is 2.92. The van der Waals surface area contributed by atoms with E-state index in [-0.39, 0.29) is 0 Å². The third-order valence-electron chi connectivity index (χ3n) is 3.38. The summed E-state index contributed by atoms with van der Waals surface area (Å²) in [4.78, 5) is 16.3. The first-order valence-electron chi connectivity index (χ1n) is 6.73. The van der Waals surface area contributed by atoms with Gasteiger partial charge in [0, 0.05) is 5.56 Å². The second-order valence-electron chi connectivity index (χ2n) is 4.68. The molecule has 2 atom stereocenters. The van der Waals surface area contributed by atoms with Gasteiger partial charge in [-0.25, -0.2) is 9.79 Å². The van der Waals surface area contributed by atoms with Crippen molar-refractivity contribution in [3.8, 4) is 5.75 Å². The molecule has 0 aliphatic carbocycles. The summed E-state index contributed by atoms with van der Waals surface area (Å²) in [6.07, 6.45) is 0.901. The standard InChI is InChI=1S/C16H15NO5/c1-19-11-7-5-10(6-8-11)15-17-13(16(18)20-2)14(22-15)12-4-3-9-21-12/h3-9,13-14H,1-2H3/t13-,14+/m0/s1. The third-order valence-corrected chi connectivity index (χ3v) is 3.38. The zero-order valence-electron chi connectivity index (χ0n) is 12.2. The summed E-state index contributed by atoms with van der Waals surface area (Å²) in [5, 5.41) is 0. The van der Waals surface area contributed by atoms with Crippen molar-refractivity contribution in [3.63, 3.8) is 0 Å². The van der Waals surface area contributed by atoms with Crippen molar-refractivity contribution in [1.29, 1.82) is 0 Å². The number of carbonyl (C=O) groups excluding carboxylic acids is 1. The van der Waals surface area contributed by atoms with E-state index in [1.54, 1.807) is 31.4 Å². The smallest absolute Gasteiger partial charge is 0.335 e. The SMILES string of the molecule is COC(=O)[C@H]1N=C(c2ccc(OC)cc2)O[C@@H]1c1ccco1. The van der Waals surface area contributed by atoms with Gasteiger partial charge in [-0.3, -0.25) is 0 Å². The van der Waals surface area contributed by atoms with E-state index in [1.165, 1.54) is 13.4 Å². The van der Waals surface area contributed by atoms with Crippen molar-refractivity contribution in [2.45, 2.75) is 12.1 Å². The molecule has 0 amide bonds. The highest BCUT2D eigenvalue weighted by molar-refractivity contribution is 5.98. The molecule has 2 heterocycles. The Morgan fingerprint density at radius 3 is 2.55 bits per heavy atom. The number of methoxy groups -OCH3 is 2. The monoisotopic (exact) mass is 301 g/mol. The number of ether oxygens (including phenoxy) is 3. The molecule has 22 heavy (non-hydrogen) atoms. The van der Waals surface area contributed by atoms with E-state index >= 15 is 0 Å². The summed E-state index contributed by atoms with van der Waals surface area (Å²) >= 11 is 0. The van der Waals surface area contributed by atoms with Gasteiger partial charge < -0.3 is 18.6 Å². The molecule has 0 N–H and O–H groups in total. The molecule has 6 nitrogen and oxygen atoms in total. The lowest BCUT2D eigenvalue weighted by molar-refractivity contribution is -0.144. The first-order chi connectivity index (χ1) is 10.7. The van der Waals surface area contributed by atoms with Gasteiger partial charge in [0.25, 0.3) is 0 Å². The summed E-state index contributed by atoms with van der Waals surface area (Å²) < 4.78 is 21.1. The van der Waals surface area contributed by atoms with Crippen LogP contribution in [0.4, 0.5) is 0 Å². The Balaban J connectivity index is 1.90. The molecule has 0 fully saturated rings. The first kappa shape index (κ1) is 14.2. The predicted octanol–water partition coefficient (Wildman–Crippen LogP) is 2.35. The maximum Gasteiger partial charge on any atom is 0.335 e. The van der Waals surface area contributed by atoms with E-state index in [0.717, 1.165) is 11.3 Å². The van der Waals surface area contributed by atoms with Crippen molar-refractivity contribution in [3.05, 3.63) is 54.0 Å². The number of benzene rings is 1. The quantitative estimate of drug-likeness (QED) is 0.811. The molecular weight excluding hydrogens is 286 g/mol. The van der Waals surface area contributed by atoms with Crippen LogP contribution in [0.25, 0.3) is 0 Å². The number of esters is 1. The molecule has 0 saturated heterocycles. The van der Waals surface area contributed by atoms with Crippen molar-refractivity contribution < 1.29 is 23.4 Å². The van der Waals surface area contributed by atoms with Gasteiger partial charge in [-0.05, 0) is 36.4 Å². The highest BCUT2D eigenvalue weighted by atomic mass is 16.5. The Kier molecular flexibility index (Phi) is 3.82. The van der Waals surface area contributed by atoms with Crippen LogP contribution in [-0.4, -0.2) is 32.1 Å². The Morgan fingerprint density at radius 2 is 1.95 bits per heavy atom. The number of hydrogen-bond acceptors (Lipinski definition) is 6. The van der Waals surface area contributed by atoms with Gasteiger partial charge in [-0.1, -0.05) is 0 Å². The summed E-state index contributed by atoms with van der Waals surface area (Å²) in [6.45, 7) is 0. The lowest BCUT2D eigenvalue weighted by Gasteiger charge is -2.13. The molecule has 2 aromatic rings. The lowest BCUT2D eigenvalue weighted by Crippen LogP contribution is -2.24. The van der Waals surface area contributed by atoms with Gasteiger partial charge >= 0.3 is 5.97 Å². The molecule has 114 valence electrons. The average molecular weight is 301 g/mol. The molecule has 1 aliphatic rings. The minimum absolute atomic E-state index is 0.374. The fraction of sp³-hybridized carbons (Fsp3) is 0.250. The Bertz CT molecular complexity index is 675. The van der Waals surface area contributed by atoms with Crippen molar-refractivity contribution in [2.24, 2.45) is 4.99 Å². The van der Waals surface area contributed by atoms with Gasteiger partial charge in [0.05, 0.1) is 20.5 Å². The van der Waals surface area contributed by atoms with Crippen molar-refractivity contribution in [1.82, 2.24) is 0 Å². The zero-order valence-corrected chi connectivity index (χ0v) is 12.2. The second kappa shape index (κ2) is 5.93. The molecule has 3 rings (SSSR count). The topological polar surface area (TPSA) is 70.3 Å². The van der Waals surface area contributed by atoms with E-state index in [4.69, 9.17) is 18.6 Å². The van der Waals surface area contributed by atoms with Gasteiger partial charge in [-0.15, -0.1) is 0 Å².